The van der Waals surface area contributed by atoms with Gasteiger partial charge in [0.2, 0.25) is 5.91 Å². The number of aliphatic hydroxyl groups excluding tert-OH is 1. The number of carboxylic acid groups (broad SMARTS) is 1. The van der Waals surface area contributed by atoms with Crippen LogP contribution in [0.2, 0.25) is 0 Å². The molecule has 3 N–H and O–H groups in total. The number of carboxylic acids is 1. The topological polar surface area (TPSA) is 125 Å². The monoisotopic (exact) mass is 748 g/mol. The lowest BCUT2D eigenvalue weighted by molar-refractivity contribution is -0.268. The van der Waals surface area contributed by atoms with E-state index >= 15 is 0 Å². The van der Waals surface area contributed by atoms with Crippen molar-refractivity contribution >= 4 is 29.5 Å². The fourth-order valence-electron chi connectivity index (χ4n) is 6.77. The summed E-state index contributed by atoms with van der Waals surface area (Å²) in [7, 11) is 0. The third-order valence-electron chi connectivity index (χ3n) is 9.67. The van der Waals surface area contributed by atoms with Crippen molar-refractivity contribution < 1.29 is 47.2 Å². The Hall–Kier alpha value is -4.69. The number of rotatable bonds is 11. The van der Waals surface area contributed by atoms with Crippen LogP contribution in [-0.2, 0) is 32.2 Å². The third kappa shape index (κ3) is 8.76. The fraction of sp³-hybridized carbons (Fsp3) is 0.325. The van der Waals surface area contributed by atoms with Crippen LogP contribution in [0.1, 0.15) is 64.8 Å². The number of nitrogens with zero attached hydrogens (tertiary/aromatic N) is 1. The van der Waals surface area contributed by atoms with E-state index in [4.69, 9.17) is 9.47 Å². The van der Waals surface area contributed by atoms with Gasteiger partial charge in [-0.1, -0.05) is 91.9 Å². The van der Waals surface area contributed by atoms with E-state index in [0.29, 0.717) is 22.0 Å². The molecule has 0 spiro atoms. The molecule has 9 nitrogen and oxygen atoms in total. The van der Waals surface area contributed by atoms with E-state index in [1.165, 1.54) is 11.8 Å². The lowest BCUT2D eigenvalue weighted by Gasteiger charge is -2.41. The zero-order valence-corrected chi connectivity index (χ0v) is 29.6. The van der Waals surface area contributed by atoms with Crippen LogP contribution in [0.3, 0.4) is 0 Å². The molecule has 0 unspecified atom stereocenters. The van der Waals surface area contributed by atoms with Gasteiger partial charge in [-0.05, 0) is 52.8 Å². The number of likely N-dealkylation sites (tertiary alicyclic amines) is 1. The van der Waals surface area contributed by atoms with Gasteiger partial charge in [-0.25, -0.2) is 4.79 Å². The second-order valence-electron chi connectivity index (χ2n) is 13.1. The number of carbonyl (C=O) groups is 3. The van der Waals surface area contributed by atoms with Crippen molar-refractivity contribution in [3.05, 3.63) is 125 Å². The maximum Gasteiger partial charge on any atom is 0.471 e. The second kappa shape index (κ2) is 16.5. The Morgan fingerprint density at radius 2 is 1.58 bits per heavy atom. The van der Waals surface area contributed by atoms with Gasteiger partial charge in [0.15, 0.2) is 6.29 Å². The molecular formula is C40H39F3N2O7S. The van der Waals surface area contributed by atoms with Crippen LogP contribution in [0.5, 0.6) is 0 Å². The Bertz CT molecular complexity index is 1920. The molecule has 6 rings (SSSR count). The minimum absolute atomic E-state index is 0.0507. The van der Waals surface area contributed by atoms with Crippen LogP contribution in [0.25, 0.3) is 11.1 Å². The molecule has 4 aromatic rings. The lowest BCUT2D eigenvalue weighted by Crippen LogP contribution is -2.50. The highest BCUT2D eigenvalue weighted by atomic mass is 32.2. The summed E-state index contributed by atoms with van der Waals surface area (Å²) in [4.78, 5) is 37.9. The van der Waals surface area contributed by atoms with E-state index in [1.807, 2.05) is 73.7 Å². The minimum atomic E-state index is -5.05. The average molecular weight is 749 g/mol. The first-order chi connectivity index (χ1) is 25.4. The molecular weight excluding hydrogens is 710 g/mol. The first-order valence-electron chi connectivity index (χ1n) is 17.2. The van der Waals surface area contributed by atoms with E-state index in [-0.39, 0.29) is 49.8 Å². The van der Waals surface area contributed by atoms with E-state index in [9.17, 15) is 37.8 Å². The number of ether oxygens (including phenoxy) is 2. The first kappa shape index (κ1) is 38.0. The van der Waals surface area contributed by atoms with Crippen LogP contribution >= 0.6 is 11.8 Å². The van der Waals surface area contributed by atoms with E-state index in [0.717, 1.165) is 33.4 Å². The van der Waals surface area contributed by atoms with Crippen molar-refractivity contribution in [1.82, 2.24) is 10.2 Å². The highest BCUT2D eigenvalue weighted by Gasteiger charge is 2.47. The number of benzene rings is 4. The van der Waals surface area contributed by atoms with Crippen molar-refractivity contribution in [1.29, 1.82) is 0 Å². The van der Waals surface area contributed by atoms with E-state index in [1.54, 1.807) is 30.3 Å². The molecule has 2 heterocycles. The Labute approximate surface area is 309 Å². The van der Waals surface area contributed by atoms with Gasteiger partial charge in [-0.15, -0.1) is 11.8 Å². The van der Waals surface area contributed by atoms with Crippen LogP contribution in [0.15, 0.2) is 102 Å². The smallest absolute Gasteiger partial charge is 0.471 e. The minimum Gasteiger partial charge on any atom is -0.478 e. The molecule has 5 atom stereocenters. The van der Waals surface area contributed by atoms with Crippen LogP contribution in [0, 0.1) is 5.92 Å². The number of thioether (sulfide) groups is 1. The largest absolute Gasteiger partial charge is 0.478 e. The number of hydrogen-bond acceptors (Lipinski definition) is 7. The van der Waals surface area contributed by atoms with Crippen LogP contribution in [0.4, 0.5) is 13.2 Å². The van der Waals surface area contributed by atoms with Gasteiger partial charge in [0.05, 0.1) is 24.4 Å². The molecule has 278 valence electrons. The molecule has 0 bridgehead atoms. The zero-order chi connectivity index (χ0) is 37.7. The summed E-state index contributed by atoms with van der Waals surface area (Å²) in [5.41, 5.74) is 5.03. The van der Waals surface area contributed by atoms with Gasteiger partial charge in [0.25, 0.3) is 0 Å². The quantitative estimate of drug-likeness (QED) is 0.137. The van der Waals surface area contributed by atoms with Crippen molar-refractivity contribution in [3.63, 3.8) is 0 Å². The summed E-state index contributed by atoms with van der Waals surface area (Å²) < 4.78 is 52.5. The predicted molar refractivity (Wildman–Crippen MR) is 192 cm³/mol. The van der Waals surface area contributed by atoms with E-state index in [2.05, 4.69) is 5.32 Å². The number of aromatic carboxylic acids is 1. The predicted octanol–water partition coefficient (Wildman–Crippen LogP) is 7.30. The van der Waals surface area contributed by atoms with Crippen molar-refractivity contribution in [2.24, 2.45) is 5.92 Å². The molecule has 53 heavy (non-hydrogen) atoms. The maximum absolute atomic E-state index is 13.1. The second-order valence-corrected chi connectivity index (χ2v) is 14.1. The number of aliphatic hydroxyl groups is 1. The molecule has 2 saturated heterocycles. The Kier molecular flexibility index (Phi) is 11.9. The molecule has 13 heteroatoms. The summed E-state index contributed by atoms with van der Waals surface area (Å²) in [6.45, 7) is 1.88. The first-order valence-corrected chi connectivity index (χ1v) is 18.2. The van der Waals surface area contributed by atoms with Gasteiger partial charge in [-0.3, -0.25) is 9.59 Å². The van der Waals surface area contributed by atoms with Gasteiger partial charge < -0.3 is 29.9 Å². The number of amides is 2. The zero-order valence-electron chi connectivity index (χ0n) is 28.8. The normalized spacial score (nSPS) is 21.7. The van der Waals surface area contributed by atoms with Gasteiger partial charge in [0, 0.05) is 35.2 Å². The average Bonchev–Trinajstić information content (AvgIpc) is 3.66. The maximum atomic E-state index is 13.1. The fourth-order valence-corrected chi connectivity index (χ4v) is 7.98. The number of carbonyl (C=O) groups excluding carboxylic acids is 2. The molecule has 2 fully saturated rings. The molecule has 2 aliphatic heterocycles. The number of halogens is 3. The standard InChI is InChI=1S/C40H39F3N2O7S/c1-24-33(23-53-34-11-5-4-9-31(34)37(48)49)51-38(52-35(24)27-14-12-25(22-46)13-15-27)28-18-16-26(17-19-28)30-8-3-2-7-29(30)21-44-36(47)32-10-6-20-45(32)39(50)40(41,42)43/h2-5,7-9,11-19,24,32-33,35,38,46H,6,10,20-23H2,1H3,(H,44,47)(H,48,49)/t24-,32+,33+,35+,38+/m1/s1. The molecule has 0 radical (unpaired) electrons. The van der Waals surface area contributed by atoms with Gasteiger partial charge in [0.1, 0.15) is 6.04 Å². The third-order valence-corrected chi connectivity index (χ3v) is 10.8. The SMILES string of the molecule is C[C@@H]1[C@H](CSc2ccccc2C(=O)O)O[C@H](c2ccc(-c3ccccc3CNC(=O)[C@@H]3CCCN3C(=O)C(F)(F)F)cc2)O[C@@H]1c1ccc(CO)cc1. The number of nitrogens with one attached hydrogen (secondary N) is 1. The highest BCUT2D eigenvalue weighted by Crippen LogP contribution is 2.43. The van der Waals surface area contributed by atoms with Crippen molar-refractivity contribution in [2.45, 2.75) is 68.5 Å². The summed E-state index contributed by atoms with van der Waals surface area (Å²) in [6.07, 6.45) is -6.03. The van der Waals surface area contributed by atoms with Crippen molar-refractivity contribution in [3.8, 4) is 11.1 Å². The van der Waals surface area contributed by atoms with Gasteiger partial charge >= 0.3 is 18.1 Å². The summed E-state index contributed by atoms with van der Waals surface area (Å²) >= 11 is 1.41. The Balaban J connectivity index is 1.19. The van der Waals surface area contributed by atoms with Gasteiger partial charge in [-0.2, -0.15) is 13.2 Å². The molecule has 0 aliphatic carbocycles. The van der Waals surface area contributed by atoms with Crippen LogP contribution < -0.4 is 5.32 Å². The molecule has 0 saturated carbocycles. The molecule has 0 aromatic heterocycles. The number of hydrogen-bond donors (Lipinski definition) is 3. The summed E-state index contributed by atoms with van der Waals surface area (Å²) in [6, 6.07) is 28.2. The summed E-state index contributed by atoms with van der Waals surface area (Å²) in [5, 5.41) is 22.0. The Morgan fingerprint density at radius 3 is 2.28 bits per heavy atom. The van der Waals surface area contributed by atoms with Crippen molar-refractivity contribution in [2.75, 3.05) is 12.3 Å². The van der Waals surface area contributed by atoms with Crippen LogP contribution in [-0.4, -0.2) is 63.5 Å². The highest BCUT2D eigenvalue weighted by molar-refractivity contribution is 7.99. The molecule has 2 aliphatic rings. The lowest BCUT2D eigenvalue weighted by atomic mass is 9.91. The van der Waals surface area contributed by atoms with E-state index < -0.39 is 36.3 Å². The molecule has 4 aromatic carbocycles. The Morgan fingerprint density at radius 1 is 0.906 bits per heavy atom. The number of alkyl halides is 3. The summed E-state index contributed by atoms with van der Waals surface area (Å²) in [5.74, 6) is -3.28. The molecule has 2 amide bonds.